The summed E-state index contributed by atoms with van der Waals surface area (Å²) in [5, 5.41) is 3.38. The van der Waals surface area contributed by atoms with Crippen LogP contribution in [-0.4, -0.2) is 31.8 Å². The third-order valence-corrected chi connectivity index (χ3v) is 5.36. The number of nitrogen functional groups attached to an aromatic ring is 1. The highest BCUT2D eigenvalue weighted by Crippen LogP contribution is 2.33. The third-order valence-electron chi connectivity index (χ3n) is 5.05. The van der Waals surface area contributed by atoms with Crippen LogP contribution in [0, 0.1) is 6.92 Å². The molecule has 158 valence electrons. The summed E-state index contributed by atoms with van der Waals surface area (Å²) in [4.78, 5) is 25.7. The Kier molecular flexibility index (Phi) is 5.83. The Hall–Kier alpha value is -3.49. The summed E-state index contributed by atoms with van der Waals surface area (Å²) in [6.45, 7) is 2.60. The number of nitrogens with one attached hydrogen (secondary N) is 1. The summed E-state index contributed by atoms with van der Waals surface area (Å²) in [6, 6.07) is 9.12. The van der Waals surface area contributed by atoms with Gasteiger partial charge in [0.2, 0.25) is 5.78 Å². The van der Waals surface area contributed by atoms with E-state index < -0.39 is 0 Å². The number of hydrogen-bond donors (Lipinski definition) is 3. The second kappa shape index (κ2) is 8.71. The molecule has 0 fully saturated rings. The van der Waals surface area contributed by atoms with Gasteiger partial charge < -0.3 is 16.8 Å². The number of carbonyl (C=O) groups excluding carboxylic acids is 1. The van der Waals surface area contributed by atoms with Gasteiger partial charge in [0.15, 0.2) is 0 Å². The first-order valence-corrected chi connectivity index (χ1v) is 10.2. The van der Waals surface area contributed by atoms with E-state index in [1.54, 1.807) is 35.1 Å². The summed E-state index contributed by atoms with van der Waals surface area (Å²) >= 11 is 6.48. The number of rotatable bonds is 6. The SMILES string of the molecule is Cc1nc2nc(C(=O)NCCc3ccncc3)cn2c(-c2ccc(N)cc2Cl)c1CN. The van der Waals surface area contributed by atoms with Crippen molar-refractivity contribution < 1.29 is 4.79 Å². The van der Waals surface area contributed by atoms with E-state index in [1.165, 1.54) is 0 Å². The van der Waals surface area contributed by atoms with E-state index in [0.717, 1.165) is 28.1 Å². The van der Waals surface area contributed by atoms with Crippen LogP contribution in [0.4, 0.5) is 5.69 Å². The van der Waals surface area contributed by atoms with Gasteiger partial charge in [-0.3, -0.25) is 14.2 Å². The second-order valence-corrected chi connectivity index (χ2v) is 7.53. The molecule has 0 bridgehead atoms. The van der Waals surface area contributed by atoms with Crippen LogP contribution in [0.1, 0.15) is 27.3 Å². The van der Waals surface area contributed by atoms with E-state index in [1.807, 2.05) is 25.1 Å². The fourth-order valence-electron chi connectivity index (χ4n) is 3.48. The van der Waals surface area contributed by atoms with Crippen LogP contribution in [0.3, 0.4) is 0 Å². The lowest BCUT2D eigenvalue weighted by atomic mass is 10.0. The van der Waals surface area contributed by atoms with Crippen LogP contribution in [0.15, 0.2) is 48.9 Å². The Balaban J connectivity index is 1.69. The Morgan fingerprint density at radius 2 is 1.97 bits per heavy atom. The maximum atomic E-state index is 12.7. The number of fused-ring (bicyclic) bond motifs is 1. The summed E-state index contributed by atoms with van der Waals surface area (Å²) in [5.74, 6) is 0.123. The highest BCUT2D eigenvalue weighted by atomic mass is 35.5. The van der Waals surface area contributed by atoms with Gasteiger partial charge in [-0.05, 0) is 49.2 Å². The van der Waals surface area contributed by atoms with Crippen molar-refractivity contribution in [3.05, 3.63) is 76.5 Å². The molecule has 1 aromatic carbocycles. The van der Waals surface area contributed by atoms with Crippen molar-refractivity contribution in [2.24, 2.45) is 5.73 Å². The molecule has 0 saturated heterocycles. The number of anilines is 1. The number of amides is 1. The van der Waals surface area contributed by atoms with Gasteiger partial charge in [0.05, 0.1) is 10.7 Å². The zero-order valence-corrected chi connectivity index (χ0v) is 17.7. The monoisotopic (exact) mass is 435 g/mol. The van der Waals surface area contributed by atoms with Crippen molar-refractivity contribution in [3.8, 4) is 11.3 Å². The molecular formula is C22H22ClN7O. The topological polar surface area (TPSA) is 124 Å². The highest BCUT2D eigenvalue weighted by molar-refractivity contribution is 6.33. The molecule has 5 N–H and O–H groups in total. The van der Waals surface area contributed by atoms with E-state index in [-0.39, 0.29) is 18.1 Å². The standard InChI is InChI=1S/C22H22ClN7O/c1-13-17(11-24)20(16-3-2-15(25)10-18(16)23)30-12-19(29-22(30)28-13)21(31)27-9-6-14-4-7-26-8-5-14/h2-5,7-8,10,12H,6,9,11,24-25H2,1H3,(H,27,31). The Bertz CT molecular complexity index is 1250. The molecule has 4 aromatic rings. The van der Waals surface area contributed by atoms with Gasteiger partial charge in [-0.25, -0.2) is 9.97 Å². The first-order chi connectivity index (χ1) is 15.0. The van der Waals surface area contributed by atoms with E-state index >= 15 is 0 Å². The summed E-state index contributed by atoms with van der Waals surface area (Å²) in [6.07, 6.45) is 5.81. The van der Waals surface area contributed by atoms with Gasteiger partial charge in [-0.15, -0.1) is 0 Å². The van der Waals surface area contributed by atoms with Gasteiger partial charge in [-0.2, -0.15) is 0 Å². The normalized spacial score (nSPS) is 11.1. The molecule has 0 aliphatic heterocycles. The van der Waals surface area contributed by atoms with E-state index in [2.05, 4.69) is 20.3 Å². The first kappa shape index (κ1) is 20.8. The van der Waals surface area contributed by atoms with Crippen LogP contribution in [-0.2, 0) is 13.0 Å². The molecule has 3 aromatic heterocycles. The fourth-order valence-corrected chi connectivity index (χ4v) is 3.76. The molecule has 9 heteroatoms. The summed E-state index contributed by atoms with van der Waals surface area (Å²) < 4.78 is 1.75. The largest absolute Gasteiger partial charge is 0.399 e. The number of pyridine rings is 1. The van der Waals surface area contributed by atoms with Crippen LogP contribution in [0.2, 0.25) is 5.02 Å². The second-order valence-electron chi connectivity index (χ2n) is 7.13. The maximum absolute atomic E-state index is 12.7. The lowest BCUT2D eigenvalue weighted by Crippen LogP contribution is -2.26. The first-order valence-electron chi connectivity index (χ1n) is 9.79. The number of nitrogens with zero attached hydrogens (tertiary/aromatic N) is 4. The van der Waals surface area contributed by atoms with Crippen molar-refractivity contribution in [2.75, 3.05) is 12.3 Å². The smallest absolute Gasteiger partial charge is 0.271 e. The molecule has 31 heavy (non-hydrogen) atoms. The predicted molar refractivity (Wildman–Crippen MR) is 121 cm³/mol. The predicted octanol–water partition coefficient (Wildman–Crippen LogP) is 2.77. The number of carbonyl (C=O) groups is 1. The molecule has 3 heterocycles. The molecule has 0 radical (unpaired) electrons. The highest BCUT2D eigenvalue weighted by Gasteiger charge is 2.20. The fraction of sp³-hybridized carbons (Fsp3) is 0.182. The Morgan fingerprint density at radius 1 is 1.19 bits per heavy atom. The summed E-state index contributed by atoms with van der Waals surface area (Å²) in [7, 11) is 0. The van der Waals surface area contributed by atoms with Crippen molar-refractivity contribution in [3.63, 3.8) is 0 Å². The molecule has 4 rings (SSSR count). The zero-order chi connectivity index (χ0) is 22.0. The lowest BCUT2D eigenvalue weighted by Gasteiger charge is -2.14. The number of nitrogens with two attached hydrogens (primary N) is 2. The molecular weight excluding hydrogens is 414 g/mol. The molecule has 8 nitrogen and oxygen atoms in total. The van der Waals surface area contributed by atoms with Gasteiger partial charge in [0.1, 0.15) is 5.69 Å². The number of imidazole rings is 1. The lowest BCUT2D eigenvalue weighted by molar-refractivity contribution is 0.0949. The average Bonchev–Trinajstić information content (AvgIpc) is 3.17. The molecule has 0 saturated carbocycles. The molecule has 0 unspecified atom stereocenters. The van der Waals surface area contributed by atoms with Crippen LogP contribution in [0.25, 0.3) is 17.0 Å². The molecule has 0 aliphatic rings. The number of benzene rings is 1. The van der Waals surface area contributed by atoms with Crippen LogP contribution >= 0.6 is 11.6 Å². The van der Waals surface area contributed by atoms with E-state index in [4.69, 9.17) is 23.1 Å². The summed E-state index contributed by atoms with van der Waals surface area (Å²) in [5.41, 5.74) is 16.8. The van der Waals surface area contributed by atoms with Gasteiger partial charge in [0.25, 0.3) is 5.91 Å². The van der Waals surface area contributed by atoms with Gasteiger partial charge in [-0.1, -0.05) is 11.6 Å². The molecule has 0 aliphatic carbocycles. The van der Waals surface area contributed by atoms with Gasteiger partial charge >= 0.3 is 0 Å². The minimum Gasteiger partial charge on any atom is -0.399 e. The van der Waals surface area contributed by atoms with E-state index in [0.29, 0.717) is 29.5 Å². The van der Waals surface area contributed by atoms with Crippen molar-refractivity contribution in [1.82, 2.24) is 24.7 Å². The van der Waals surface area contributed by atoms with Crippen LogP contribution < -0.4 is 16.8 Å². The minimum atomic E-state index is -0.277. The van der Waals surface area contributed by atoms with E-state index in [9.17, 15) is 4.79 Å². The quantitative estimate of drug-likeness (QED) is 0.400. The van der Waals surface area contributed by atoms with Crippen molar-refractivity contribution in [1.29, 1.82) is 0 Å². The average molecular weight is 436 g/mol. The molecule has 0 spiro atoms. The third kappa shape index (κ3) is 4.21. The minimum absolute atomic E-state index is 0.260. The number of aryl methyl sites for hydroxylation is 1. The number of aromatic nitrogens is 4. The number of hydrogen-bond acceptors (Lipinski definition) is 6. The number of halogens is 1. The van der Waals surface area contributed by atoms with Crippen molar-refractivity contribution >= 4 is 29.0 Å². The van der Waals surface area contributed by atoms with Crippen LogP contribution in [0.5, 0.6) is 0 Å². The Labute approximate surface area is 184 Å². The van der Waals surface area contributed by atoms with Crippen molar-refractivity contribution in [2.45, 2.75) is 19.9 Å². The maximum Gasteiger partial charge on any atom is 0.271 e. The molecule has 1 amide bonds. The van der Waals surface area contributed by atoms with Gasteiger partial charge in [0, 0.05) is 54.2 Å². The Morgan fingerprint density at radius 3 is 2.68 bits per heavy atom. The zero-order valence-electron chi connectivity index (χ0n) is 17.0. The molecule has 0 atom stereocenters.